The van der Waals surface area contributed by atoms with Gasteiger partial charge in [-0.05, 0) is 37.5 Å². The van der Waals surface area contributed by atoms with Crippen LogP contribution in [-0.2, 0) is 6.54 Å². The molecule has 1 aromatic carbocycles. The summed E-state index contributed by atoms with van der Waals surface area (Å²) in [6, 6.07) is 5.11. The number of halogens is 1. The summed E-state index contributed by atoms with van der Waals surface area (Å²) in [6.07, 6.45) is 3.60. The molecule has 1 aliphatic heterocycles. The van der Waals surface area contributed by atoms with Gasteiger partial charge in [0.15, 0.2) is 5.96 Å². The number of hydrogen-bond donors (Lipinski definition) is 2. The smallest absolute Gasteiger partial charge is 0.191 e. The van der Waals surface area contributed by atoms with Crippen LogP contribution >= 0.6 is 24.0 Å². The van der Waals surface area contributed by atoms with Crippen molar-refractivity contribution in [1.29, 1.82) is 0 Å². The highest BCUT2D eigenvalue weighted by Crippen LogP contribution is 2.23. The Morgan fingerprint density at radius 1 is 1.35 bits per heavy atom. The lowest BCUT2D eigenvalue weighted by molar-refractivity contribution is 0.338. The molecule has 6 heteroatoms. The van der Waals surface area contributed by atoms with Crippen molar-refractivity contribution >= 4 is 29.9 Å². The number of phenols is 1. The number of nitrogens with zero attached hydrogens (tertiary/aromatic N) is 2. The molecule has 112 valence electrons. The third-order valence-electron chi connectivity index (χ3n) is 3.38. The molecule has 5 nitrogen and oxygen atoms in total. The predicted molar refractivity (Wildman–Crippen MR) is 90.8 cm³/mol. The van der Waals surface area contributed by atoms with Crippen molar-refractivity contribution in [1.82, 2.24) is 4.90 Å². The molecule has 1 saturated heterocycles. The summed E-state index contributed by atoms with van der Waals surface area (Å²) in [5, 5.41) is 9.77. The Kier molecular flexibility index (Phi) is 6.90. The molecular weight excluding hydrogens is 369 g/mol. The molecule has 1 fully saturated rings. The molecular formula is C14H22IN3O2. The van der Waals surface area contributed by atoms with Crippen molar-refractivity contribution in [2.24, 2.45) is 10.7 Å². The van der Waals surface area contributed by atoms with Gasteiger partial charge in [-0.25, -0.2) is 4.99 Å². The quantitative estimate of drug-likeness (QED) is 0.472. The van der Waals surface area contributed by atoms with Crippen molar-refractivity contribution in [3.8, 4) is 11.5 Å². The number of phenolic OH excluding ortho intramolecular Hbond substituents is 1. The molecule has 1 heterocycles. The van der Waals surface area contributed by atoms with E-state index in [1.165, 1.54) is 19.3 Å². The van der Waals surface area contributed by atoms with Gasteiger partial charge >= 0.3 is 0 Å². The third-order valence-corrected chi connectivity index (χ3v) is 3.38. The van der Waals surface area contributed by atoms with Gasteiger partial charge in [0, 0.05) is 18.7 Å². The molecule has 0 amide bonds. The molecule has 1 aliphatic rings. The van der Waals surface area contributed by atoms with Crippen LogP contribution < -0.4 is 10.5 Å². The van der Waals surface area contributed by atoms with Crippen molar-refractivity contribution < 1.29 is 9.84 Å². The van der Waals surface area contributed by atoms with Crippen molar-refractivity contribution in [2.75, 3.05) is 20.2 Å². The molecule has 0 spiro atoms. The van der Waals surface area contributed by atoms with Crippen molar-refractivity contribution in [3.63, 3.8) is 0 Å². The SMILES string of the molecule is COc1ccc(O)c(CN=C(N)N2CCCCC2)c1.I. The second-order valence-corrected chi connectivity index (χ2v) is 4.72. The number of aromatic hydroxyl groups is 1. The topological polar surface area (TPSA) is 71.1 Å². The molecule has 20 heavy (non-hydrogen) atoms. The Morgan fingerprint density at radius 2 is 2.05 bits per heavy atom. The number of likely N-dealkylation sites (tertiary alicyclic amines) is 1. The first-order valence-electron chi connectivity index (χ1n) is 6.61. The van der Waals surface area contributed by atoms with Crippen LogP contribution in [0.25, 0.3) is 0 Å². The fourth-order valence-electron chi connectivity index (χ4n) is 2.20. The number of guanidine groups is 1. The van der Waals surface area contributed by atoms with Gasteiger partial charge in [0.05, 0.1) is 13.7 Å². The summed E-state index contributed by atoms with van der Waals surface area (Å²) in [6.45, 7) is 2.31. The Balaban J connectivity index is 0.00000200. The molecule has 1 aromatic rings. The number of benzene rings is 1. The van der Waals surface area contributed by atoms with E-state index in [0.717, 1.165) is 18.7 Å². The van der Waals surface area contributed by atoms with Crippen molar-refractivity contribution in [2.45, 2.75) is 25.8 Å². The van der Waals surface area contributed by atoms with Crippen LogP contribution in [0.4, 0.5) is 0 Å². The molecule has 0 aromatic heterocycles. The highest BCUT2D eigenvalue weighted by Gasteiger charge is 2.12. The van der Waals surface area contributed by atoms with E-state index in [4.69, 9.17) is 10.5 Å². The lowest BCUT2D eigenvalue weighted by Gasteiger charge is -2.27. The number of nitrogens with two attached hydrogens (primary N) is 1. The number of methoxy groups -OCH3 is 1. The average Bonchev–Trinajstić information content (AvgIpc) is 2.47. The number of hydrogen-bond acceptors (Lipinski definition) is 3. The van der Waals surface area contributed by atoms with E-state index < -0.39 is 0 Å². The summed E-state index contributed by atoms with van der Waals surface area (Å²) in [7, 11) is 1.60. The van der Waals surface area contributed by atoms with E-state index in [1.807, 2.05) is 0 Å². The van der Waals surface area contributed by atoms with Gasteiger partial charge in [-0.15, -0.1) is 24.0 Å². The fourth-order valence-corrected chi connectivity index (χ4v) is 2.20. The van der Waals surface area contributed by atoms with Gasteiger partial charge in [-0.2, -0.15) is 0 Å². The Bertz CT molecular complexity index is 460. The van der Waals surface area contributed by atoms with Crippen LogP contribution in [0.3, 0.4) is 0 Å². The van der Waals surface area contributed by atoms with E-state index in [0.29, 0.717) is 18.3 Å². The number of rotatable bonds is 3. The maximum Gasteiger partial charge on any atom is 0.191 e. The van der Waals surface area contributed by atoms with Crippen LogP contribution in [0.15, 0.2) is 23.2 Å². The second-order valence-electron chi connectivity index (χ2n) is 4.72. The summed E-state index contributed by atoms with van der Waals surface area (Å²) in [5.74, 6) is 1.48. The fraction of sp³-hybridized carbons (Fsp3) is 0.500. The van der Waals surface area contributed by atoms with Crippen LogP contribution in [0, 0.1) is 0 Å². The zero-order valence-electron chi connectivity index (χ0n) is 11.7. The van der Waals surface area contributed by atoms with Gasteiger partial charge in [0.25, 0.3) is 0 Å². The molecule has 0 radical (unpaired) electrons. The Morgan fingerprint density at radius 3 is 2.70 bits per heavy atom. The summed E-state index contributed by atoms with van der Waals surface area (Å²) in [4.78, 5) is 6.46. The zero-order valence-corrected chi connectivity index (χ0v) is 14.0. The number of ether oxygens (including phenoxy) is 1. The first kappa shape index (κ1) is 16.9. The first-order chi connectivity index (χ1) is 9.20. The Labute approximate surface area is 136 Å². The maximum absolute atomic E-state index is 9.77. The minimum atomic E-state index is 0. The van der Waals surface area contributed by atoms with Crippen LogP contribution in [0.2, 0.25) is 0 Å². The summed E-state index contributed by atoms with van der Waals surface area (Å²) >= 11 is 0. The predicted octanol–water partition coefficient (Wildman–Crippen LogP) is 2.32. The molecule has 0 bridgehead atoms. The van der Waals surface area contributed by atoms with Crippen LogP contribution in [-0.4, -0.2) is 36.2 Å². The number of piperidine rings is 1. The lowest BCUT2D eigenvalue weighted by atomic mass is 10.1. The summed E-state index contributed by atoms with van der Waals surface area (Å²) in [5.41, 5.74) is 6.70. The summed E-state index contributed by atoms with van der Waals surface area (Å²) < 4.78 is 5.13. The van der Waals surface area contributed by atoms with E-state index >= 15 is 0 Å². The molecule has 3 N–H and O–H groups in total. The molecule has 0 unspecified atom stereocenters. The van der Waals surface area contributed by atoms with E-state index in [2.05, 4.69) is 9.89 Å². The van der Waals surface area contributed by atoms with Gasteiger partial charge in [0.2, 0.25) is 0 Å². The lowest BCUT2D eigenvalue weighted by Crippen LogP contribution is -2.40. The van der Waals surface area contributed by atoms with Crippen LogP contribution in [0.1, 0.15) is 24.8 Å². The van der Waals surface area contributed by atoms with E-state index in [-0.39, 0.29) is 29.7 Å². The normalized spacial score (nSPS) is 15.7. The monoisotopic (exact) mass is 391 g/mol. The Hall–Kier alpha value is -1.18. The standard InChI is InChI=1S/C14H21N3O2.HI/c1-19-12-5-6-13(18)11(9-12)10-16-14(15)17-7-3-2-4-8-17;/h5-6,9,18H,2-4,7-8,10H2,1H3,(H2,15,16);1H. The average molecular weight is 391 g/mol. The molecule has 0 aliphatic carbocycles. The molecule has 2 rings (SSSR count). The number of aliphatic imine (C=N–C) groups is 1. The third kappa shape index (κ3) is 4.43. The minimum Gasteiger partial charge on any atom is -0.508 e. The van der Waals surface area contributed by atoms with Gasteiger partial charge in [0.1, 0.15) is 11.5 Å². The van der Waals surface area contributed by atoms with Gasteiger partial charge in [-0.1, -0.05) is 0 Å². The van der Waals surface area contributed by atoms with Crippen molar-refractivity contribution in [3.05, 3.63) is 23.8 Å². The van der Waals surface area contributed by atoms with E-state index in [1.54, 1.807) is 25.3 Å². The second kappa shape index (κ2) is 8.18. The van der Waals surface area contributed by atoms with E-state index in [9.17, 15) is 5.11 Å². The first-order valence-corrected chi connectivity index (χ1v) is 6.61. The van der Waals surface area contributed by atoms with Gasteiger partial charge < -0.3 is 20.5 Å². The zero-order chi connectivity index (χ0) is 13.7. The highest BCUT2D eigenvalue weighted by atomic mass is 127. The van der Waals surface area contributed by atoms with Gasteiger partial charge in [-0.3, -0.25) is 0 Å². The molecule has 0 atom stereocenters. The maximum atomic E-state index is 9.77. The largest absolute Gasteiger partial charge is 0.508 e. The molecule has 0 saturated carbocycles. The highest BCUT2D eigenvalue weighted by molar-refractivity contribution is 14.0. The van der Waals surface area contributed by atoms with Crippen LogP contribution in [0.5, 0.6) is 11.5 Å². The minimum absolute atomic E-state index is 0.